The van der Waals surface area contributed by atoms with E-state index in [2.05, 4.69) is 10.6 Å². The minimum Gasteiger partial charge on any atom is -0.326 e. The summed E-state index contributed by atoms with van der Waals surface area (Å²) in [4.78, 5) is 13.6. The van der Waals surface area contributed by atoms with Crippen LogP contribution in [-0.2, 0) is 0 Å². The molecule has 0 aromatic heterocycles. The summed E-state index contributed by atoms with van der Waals surface area (Å²) in [7, 11) is 1.73. The van der Waals surface area contributed by atoms with Crippen molar-refractivity contribution in [2.45, 2.75) is 25.3 Å². The van der Waals surface area contributed by atoms with Crippen LogP contribution in [0.2, 0.25) is 0 Å². The Morgan fingerprint density at radius 2 is 2.26 bits per heavy atom. The molecule has 2 amide bonds. The van der Waals surface area contributed by atoms with Gasteiger partial charge in [0, 0.05) is 19.6 Å². The second kappa shape index (κ2) is 6.52. The van der Waals surface area contributed by atoms with Gasteiger partial charge in [-0.1, -0.05) is 18.6 Å². The zero-order valence-corrected chi connectivity index (χ0v) is 11.2. The lowest BCUT2D eigenvalue weighted by atomic mass is 10.0. The molecular formula is C14H20FN3O. The van der Waals surface area contributed by atoms with Crippen LogP contribution in [0.1, 0.15) is 19.3 Å². The van der Waals surface area contributed by atoms with Crippen molar-refractivity contribution in [1.29, 1.82) is 0 Å². The Hall–Kier alpha value is -1.62. The number of halogens is 1. The second-order valence-corrected chi connectivity index (χ2v) is 4.94. The summed E-state index contributed by atoms with van der Waals surface area (Å²) in [6.07, 6.45) is 3.47. The van der Waals surface area contributed by atoms with Crippen molar-refractivity contribution in [3.8, 4) is 0 Å². The van der Waals surface area contributed by atoms with Gasteiger partial charge in [-0.05, 0) is 31.5 Å². The summed E-state index contributed by atoms with van der Waals surface area (Å²) >= 11 is 0. The second-order valence-electron chi connectivity index (χ2n) is 4.94. The smallest absolute Gasteiger partial charge is 0.321 e. The maximum absolute atomic E-state index is 13.4. The highest BCUT2D eigenvalue weighted by Crippen LogP contribution is 2.13. The SMILES string of the molecule is CN(CC1CCCCN1)C(=O)Nc1ccccc1F. The normalized spacial score (nSPS) is 18.9. The first-order valence-corrected chi connectivity index (χ1v) is 6.67. The Morgan fingerprint density at radius 3 is 2.95 bits per heavy atom. The first-order chi connectivity index (χ1) is 9.16. The molecule has 1 aromatic rings. The third kappa shape index (κ3) is 3.92. The lowest BCUT2D eigenvalue weighted by Crippen LogP contribution is -2.45. The summed E-state index contributed by atoms with van der Waals surface area (Å²) in [6, 6.07) is 6.24. The number of benzene rings is 1. The number of piperidine rings is 1. The molecule has 1 unspecified atom stereocenters. The molecule has 0 aliphatic carbocycles. The minimum absolute atomic E-state index is 0.218. The monoisotopic (exact) mass is 265 g/mol. The van der Waals surface area contributed by atoms with Crippen LogP contribution in [0, 0.1) is 5.82 Å². The Bertz CT molecular complexity index is 432. The predicted molar refractivity (Wildman–Crippen MR) is 73.7 cm³/mol. The molecule has 4 nitrogen and oxygen atoms in total. The van der Waals surface area contributed by atoms with E-state index in [-0.39, 0.29) is 11.7 Å². The molecule has 2 N–H and O–H groups in total. The maximum Gasteiger partial charge on any atom is 0.321 e. The largest absolute Gasteiger partial charge is 0.326 e. The number of anilines is 1. The quantitative estimate of drug-likeness (QED) is 0.881. The highest BCUT2D eigenvalue weighted by atomic mass is 19.1. The molecule has 1 aliphatic rings. The molecule has 19 heavy (non-hydrogen) atoms. The summed E-state index contributed by atoms with van der Waals surface area (Å²) < 4.78 is 13.4. The molecule has 0 radical (unpaired) electrons. The summed E-state index contributed by atoms with van der Waals surface area (Å²) in [5, 5.41) is 5.97. The molecule has 2 rings (SSSR count). The van der Waals surface area contributed by atoms with Crippen molar-refractivity contribution >= 4 is 11.7 Å². The van der Waals surface area contributed by atoms with Crippen molar-refractivity contribution in [1.82, 2.24) is 10.2 Å². The number of rotatable bonds is 3. The van der Waals surface area contributed by atoms with Gasteiger partial charge in [-0.25, -0.2) is 9.18 Å². The van der Waals surface area contributed by atoms with Crippen LogP contribution >= 0.6 is 0 Å². The number of urea groups is 1. The molecule has 0 spiro atoms. The van der Waals surface area contributed by atoms with Gasteiger partial charge < -0.3 is 15.5 Å². The molecule has 1 atom stereocenters. The Morgan fingerprint density at radius 1 is 1.47 bits per heavy atom. The molecule has 1 saturated heterocycles. The lowest BCUT2D eigenvalue weighted by Gasteiger charge is -2.28. The first kappa shape index (κ1) is 13.8. The van der Waals surface area contributed by atoms with Gasteiger partial charge >= 0.3 is 6.03 Å². The van der Waals surface area contributed by atoms with E-state index in [4.69, 9.17) is 0 Å². The van der Waals surface area contributed by atoms with E-state index in [1.807, 2.05) is 0 Å². The van der Waals surface area contributed by atoms with Crippen molar-refractivity contribution < 1.29 is 9.18 Å². The highest BCUT2D eigenvalue weighted by Gasteiger charge is 2.18. The third-order valence-corrected chi connectivity index (χ3v) is 3.37. The zero-order valence-electron chi connectivity index (χ0n) is 11.2. The van der Waals surface area contributed by atoms with Gasteiger partial charge in [0.15, 0.2) is 0 Å². The summed E-state index contributed by atoms with van der Waals surface area (Å²) in [5.41, 5.74) is 0.218. The molecule has 0 saturated carbocycles. The van der Waals surface area contributed by atoms with Crippen molar-refractivity contribution in [2.24, 2.45) is 0 Å². The number of para-hydroxylation sites is 1. The van der Waals surface area contributed by atoms with Crippen molar-refractivity contribution in [3.05, 3.63) is 30.1 Å². The van der Waals surface area contributed by atoms with Crippen molar-refractivity contribution in [3.63, 3.8) is 0 Å². The van der Waals surface area contributed by atoms with Gasteiger partial charge in [0.25, 0.3) is 0 Å². The number of likely N-dealkylation sites (N-methyl/N-ethyl adjacent to an activating group) is 1. The first-order valence-electron chi connectivity index (χ1n) is 6.67. The molecule has 1 aromatic carbocycles. The van der Waals surface area contributed by atoms with E-state index in [9.17, 15) is 9.18 Å². The zero-order chi connectivity index (χ0) is 13.7. The average Bonchev–Trinajstić information content (AvgIpc) is 2.42. The van der Waals surface area contributed by atoms with Gasteiger partial charge in [-0.3, -0.25) is 0 Å². The Labute approximate surface area is 113 Å². The molecule has 1 fully saturated rings. The summed E-state index contributed by atoms with van der Waals surface area (Å²) in [5.74, 6) is -0.417. The molecule has 0 bridgehead atoms. The number of carbonyl (C=O) groups excluding carboxylic acids is 1. The Kier molecular flexibility index (Phi) is 4.74. The number of hydrogen-bond donors (Lipinski definition) is 2. The predicted octanol–water partition coefficient (Wildman–Crippen LogP) is 2.43. The van der Waals surface area contributed by atoms with E-state index < -0.39 is 5.82 Å². The maximum atomic E-state index is 13.4. The third-order valence-electron chi connectivity index (χ3n) is 3.37. The van der Waals surface area contributed by atoms with Crippen LogP contribution in [0.25, 0.3) is 0 Å². The molecular weight excluding hydrogens is 245 g/mol. The number of carbonyl (C=O) groups is 1. The van der Waals surface area contributed by atoms with E-state index in [1.54, 1.807) is 30.1 Å². The topological polar surface area (TPSA) is 44.4 Å². The van der Waals surface area contributed by atoms with Crippen molar-refractivity contribution in [2.75, 3.05) is 25.5 Å². The number of amides is 2. The van der Waals surface area contributed by atoms with Gasteiger partial charge in [0.2, 0.25) is 0 Å². The van der Waals surface area contributed by atoms with Crippen LogP contribution in [0.3, 0.4) is 0 Å². The van der Waals surface area contributed by atoms with Crippen LogP contribution in [0.15, 0.2) is 24.3 Å². The number of hydrogen-bond acceptors (Lipinski definition) is 2. The van der Waals surface area contributed by atoms with Crippen LogP contribution in [-0.4, -0.2) is 37.1 Å². The Balaban J connectivity index is 1.87. The fraction of sp³-hybridized carbons (Fsp3) is 0.500. The highest BCUT2D eigenvalue weighted by molar-refractivity contribution is 5.89. The lowest BCUT2D eigenvalue weighted by molar-refractivity contribution is 0.212. The van der Waals surface area contributed by atoms with Gasteiger partial charge in [0.1, 0.15) is 5.82 Å². The van der Waals surface area contributed by atoms with E-state index in [0.717, 1.165) is 13.0 Å². The van der Waals surface area contributed by atoms with Gasteiger partial charge in [-0.2, -0.15) is 0 Å². The minimum atomic E-state index is -0.417. The fourth-order valence-corrected chi connectivity index (χ4v) is 2.27. The van der Waals surface area contributed by atoms with E-state index in [0.29, 0.717) is 12.6 Å². The average molecular weight is 265 g/mol. The van der Waals surface area contributed by atoms with E-state index in [1.165, 1.54) is 18.9 Å². The molecule has 1 aliphatic heterocycles. The fourth-order valence-electron chi connectivity index (χ4n) is 2.27. The van der Waals surface area contributed by atoms with Crippen LogP contribution in [0.4, 0.5) is 14.9 Å². The molecule has 104 valence electrons. The van der Waals surface area contributed by atoms with Gasteiger partial charge in [-0.15, -0.1) is 0 Å². The number of nitrogens with one attached hydrogen (secondary N) is 2. The number of nitrogens with zero attached hydrogens (tertiary/aromatic N) is 1. The van der Waals surface area contributed by atoms with Crippen LogP contribution in [0.5, 0.6) is 0 Å². The van der Waals surface area contributed by atoms with E-state index >= 15 is 0 Å². The molecule has 5 heteroatoms. The summed E-state index contributed by atoms with van der Waals surface area (Å²) in [6.45, 7) is 1.65. The van der Waals surface area contributed by atoms with Gasteiger partial charge in [0.05, 0.1) is 5.69 Å². The van der Waals surface area contributed by atoms with Crippen LogP contribution < -0.4 is 10.6 Å². The standard InChI is InChI=1S/C14H20FN3O/c1-18(10-11-6-4-5-9-16-11)14(19)17-13-8-3-2-7-12(13)15/h2-3,7-8,11,16H,4-6,9-10H2,1H3,(H,17,19). The molecule has 1 heterocycles.